The third kappa shape index (κ3) is 1.54. The second kappa shape index (κ2) is 3.59. The number of fused-ring (bicyclic) bond motifs is 3. The Labute approximate surface area is 97.6 Å². The number of nitrogens with one attached hydrogen (secondary N) is 1. The van der Waals surface area contributed by atoms with E-state index in [4.69, 9.17) is 5.11 Å². The van der Waals surface area contributed by atoms with Crippen molar-refractivity contribution in [2.75, 3.05) is 11.9 Å². The number of hydrogen-bond donors (Lipinski definition) is 2. The fourth-order valence-electron chi connectivity index (χ4n) is 2.01. The van der Waals surface area contributed by atoms with E-state index in [0.29, 0.717) is 0 Å². The lowest BCUT2D eigenvalue weighted by Gasteiger charge is -2.14. The molecule has 1 aliphatic heterocycles. The van der Waals surface area contributed by atoms with Crippen molar-refractivity contribution in [3.8, 4) is 0 Å². The fraction of sp³-hybridized carbons (Fsp3) is 0.0769. The van der Waals surface area contributed by atoms with Crippen molar-refractivity contribution in [3.05, 3.63) is 41.6 Å². The second-order valence-electron chi connectivity index (χ2n) is 3.91. The molecule has 4 nitrogen and oxygen atoms in total. The normalized spacial score (nSPS) is 13.2. The van der Waals surface area contributed by atoms with Crippen LogP contribution < -0.4 is 5.32 Å². The highest BCUT2D eigenvalue weighted by Gasteiger charge is 2.11. The Balaban J connectivity index is 2.29. The number of aromatic nitrogens is 1. The third-order valence-corrected chi connectivity index (χ3v) is 2.83. The van der Waals surface area contributed by atoms with Gasteiger partial charge in [-0.25, -0.2) is 4.79 Å². The molecule has 4 heteroatoms. The minimum absolute atomic E-state index is 0.213. The molecule has 2 N–H and O–H groups in total. The monoisotopic (exact) mass is 226 g/mol. The van der Waals surface area contributed by atoms with Crippen LogP contribution in [0.15, 0.2) is 30.5 Å². The van der Waals surface area contributed by atoms with E-state index in [1.165, 1.54) is 6.20 Å². The minimum Gasteiger partial charge on any atom is -0.478 e. The fourth-order valence-corrected chi connectivity index (χ4v) is 2.01. The van der Waals surface area contributed by atoms with Gasteiger partial charge in [0.05, 0.1) is 11.1 Å². The van der Waals surface area contributed by atoms with Gasteiger partial charge in [-0.3, -0.25) is 4.98 Å². The third-order valence-electron chi connectivity index (χ3n) is 2.83. The molecule has 0 amide bonds. The molecule has 0 atom stereocenters. The molecule has 0 saturated carbocycles. The molecular formula is C13H10N2O2. The number of benzene rings is 1. The number of rotatable bonds is 1. The lowest BCUT2D eigenvalue weighted by molar-refractivity contribution is 0.0696. The van der Waals surface area contributed by atoms with E-state index in [2.05, 4.69) is 10.3 Å². The predicted molar refractivity (Wildman–Crippen MR) is 66.2 cm³/mol. The average molecular weight is 226 g/mol. The molecule has 0 spiro atoms. The molecule has 0 aliphatic carbocycles. The van der Waals surface area contributed by atoms with E-state index < -0.39 is 5.97 Å². The standard InChI is InChI=1S/C13H10N2O2/c16-13(17)9-6-8-3-4-11-10(2-1-5-14-11)12(8)15-7-9/h1-4,6-7,14H,5H2,(H,16,17). The molecule has 17 heavy (non-hydrogen) atoms. The van der Waals surface area contributed by atoms with Gasteiger partial charge >= 0.3 is 5.97 Å². The van der Waals surface area contributed by atoms with Crippen molar-refractivity contribution in [2.24, 2.45) is 0 Å². The van der Waals surface area contributed by atoms with E-state index >= 15 is 0 Å². The van der Waals surface area contributed by atoms with Gasteiger partial charge in [-0.1, -0.05) is 18.2 Å². The first-order chi connectivity index (χ1) is 8.25. The van der Waals surface area contributed by atoms with Crippen molar-refractivity contribution >= 4 is 28.6 Å². The number of carboxylic acids is 1. The first-order valence-electron chi connectivity index (χ1n) is 5.32. The van der Waals surface area contributed by atoms with Crippen molar-refractivity contribution in [1.82, 2.24) is 4.98 Å². The Bertz CT molecular complexity index is 647. The number of nitrogens with zero attached hydrogens (tertiary/aromatic N) is 1. The van der Waals surface area contributed by atoms with Crippen LogP contribution in [0.5, 0.6) is 0 Å². The van der Waals surface area contributed by atoms with E-state index in [1.807, 2.05) is 24.3 Å². The number of carbonyl (C=O) groups is 1. The number of anilines is 1. The molecule has 1 aromatic heterocycles. The zero-order valence-electron chi connectivity index (χ0n) is 8.97. The zero-order chi connectivity index (χ0) is 11.8. The summed E-state index contributed by atoms with van der Waals surface area (Å²) in [5.74, 6) is -0.953. The summed E-state index contributed by atoms with van der Waals surface area (Å²) in [5.41, 5.74) is 3.10. The van der Waals surface area contributed by atoms with Crippen LogP contribution in [0.2, 0.25) is 0 Å². The molecule has 0 fully saturated rings. The number of hydrogen-bond acceptors (Lipinski definition) is 3. The van der Waals surface area contributed by atoms with Crippen LogP contribution in [0, 0.1) is 0 Å². The Kier molecular flexibility index (Phi) is 2.08. The van der Waals surface area contributed by atoms with Gasteiger partial charge in [0, 0.05) is 29.4 Å². The summed E-state index contributed by atoms with van der Waals surface area (Å²) in [6, 6.07) is 5.49. The van der Waals surface area contributed by atoms with Gasteiger partial charge in [-0.05, 0) is 12.1 Å². The van der Waals surface area contributed by atoms with Crippen LogP contribution in [-0.4, -0.2) is 22.6 Å². The smallest absolute Gasteiger partial charge is 0.337 e. The lowest BCUT2D eigenvalue weighted by Crippen LogP contribution is -2.05. The van der Waals surface area contributed by atoms with E-state index in [1.54, 1.807) is 6.07 Å². The zero-order valence-corrected chi connectivity index (χ0v) is 8.97. The van der Waals surface area contributed by atoms with Gasteiger partial charge in [0.1, 0.15) is 0 Å². The first kappa shape index (κ1) is 9.84. The summed E-state index contributed by atoms with van der Waals surface area (Å²) in [6.45, 7) is 0.811. The average Bonchev–Trinajstić information content (AvgIpc) is 2.38. The molecule has 0 radical (unpaired) electrons. The van der Waals surface area contributed by atoms with Gasteiger partial charge < -0.3 is 10.4 Å². The molecule has 0 unspecified atom stereocenters. The largest absolute Gasteiger partial charge is 0.478 e. The molecule has 0 saturated heterocycles. The summed E-state index contributed by atoms with van der Waals surface area (Å²) in [4.78, 5) is 15.1. The van der Waals surface area contributed by atoms with Crippen molar-refractivity contribution in [3.63, 3.8) is 0 Å². The predicted octanol–water partition coefficient (Wildman–Crippen LogP) is 2.37. The van der Waals surface area contributed by atoms with Crippen LogP contribution >= 0.6 is 0 Å². The van der Waals surface area contributed by atoms with Gasteiger partial charge in [0.15, 0.2) is 0 Å². The molecule has 84 valence electrons. The maximum Gasteiger partial charge on any atom is 0.337 e. The summed E-state index contributed by atoms with van der Waals surface area (Å²) < 4.78 is 0. The summed E-state index contributed by atoms with van der Waals surface area (Å²) in [6.07, 6.45) is 5.43. The van der Waals surface area contributed by atoms with Crippen molar-refractivity contribution in [2.45, 2.75) is 0 Å². The molecule has 2 aromatic rings. The van der Waals surface area contributed by atoms with E-state index in [-0.39, 0.29) is 5.56 Å². The van der Waals surface area contributed by atoms with Gasteiger partial charge in [0.25, 0.3) is 0 Å². The van der Waals surface area contributed by atoms with E-state index in [9.17, 15) is 4.79 Å². The molecule has 2 heterocycles. The Hall–Kier alpha value is -2.36. The number of carboxylic acid groups (broad SMARTS) is 1. The van der Waals surface area contributed by atoms with Crippen molar-refractivity contribution in [1.29, 1.82) is 0 Å². The van der Waals surface area contributed by atoms with Crippen LogP contribution in [-0.2, 0) is 0 Å². The Morgan fingerprint density at radius 2 is 2.29 bits per heavy atom. The number of aromatic carboxylic acids is 1. The van der Waals surface area contributed by atoms with Gasteiger partial charge in [-0.2, -0.15) is 0 Å². The summed E-state index contributed by atoms with van der Waals surface area (Å²) in [7, 11) is 0. The van der Waals surface area contributed by atoms with Crippen LogP contribution in [0.3, 0.4) is 0 Å². The molecule has 3 rings (SSSR count). The molecule has 1 aromatic carbocycles. The maximum atomic E-state index is 10.9. The highest BCUT2D eigenvalue weighted by Crippen LogP contribution is 2.28. The van der Waals surface area contributed by atoms with E-state index in [0.717, 1.165) is 28.7 Å². The van der Waals surface area contributed by atoms with Gasteiger partial charge in [0.2, 0.25) is 0 Å². The summed E-state index contributed by atoms with van der Waals surface area (Å²) in [5, 5.41) is 13.0. The molecule has 1 aliphatic rings. The lowest BCUT2D eigenvalue weighted by atomic mass is 10.0. The maximum absolute atomic E-state index is 10.9. The topological polar surface area (TPSA) is 62.2 Å². The summed E-state index contributed by atoms with van der Waals surface area (Å²) >= 11 is 0. The highest BCUT2D eigenvalue weighted by atomic mass is 16.4. The molecular weight excluding hydrogens is 216 g/mol. The van der Waals surface area contributed by atoms with Crippen LogP contribution in [0.4, 0.5) is 5.69 Å². The van der Waals surface area contributed by atoms with Gasteiger partial charge in [-0.15, -0.1) is 0 Å². The molecule has 0 bridgehead atoms. The van der Waals surface area contributed by atoms with Crippen molar-refractivity contribution < 1.29 is 9.90 Å². The SMILES string of the molecule is O=C(O)c1cnc2c3c(ccc2c1)NCC=C3. The highest BCUT2D eigenvalue weighted by molar-refractivity contribution is 5.98. The number of pyridine rings is 1. The van der Waals surface area contributed by atoms with Crippen LogP contribution in [0.25, 0.3) is 17.0 Å². The van der Waals surface area contributed by atoms with Crippen LogP contribution in [0.1, 0.15) is 15.9 Å². The Morgan fingerprint density at radius 3 is 3.12 bits per heavy atom. The Morgan fingerprint density at radius 1 is 1.41 bits per heavy atom. The quantitative estimate of drug-likeness (QED) is 0.783. The second-order valence-corrected chi connectivity index (χ2v) is 3.91. The minimum atomic E-state index is -0.953. The first-order valence-corrected chi connectivity index (χ1v) is 5.32.